The van der Waals surface area contributed by atoms with Gasteiger partial charge in [-0.3, -0.25) is 9.69 Å². The molecule has 1 aliphatic rings. The van der Waals surface area contributed by atoms with E-state index in [1.54, 1.807) is 19.1 Å². The molecule has 1 N–H and O–H groups in total. The molecule has 0 bridgehead atoms. The van der Waals surface area contributed by atoms with E-state index >= 15 is 0 Å². The van der Waals surface area contributed by atoms with E-state index in [-0.39, 0.29) is 11.9 Å². The Bertz CT molecular complexity index is 704. The summed E-state index contributed by atoms with van der Waals surface area (Å²) < 4.78 is 4.94. The number of likely N-dealkylation sites (tertiary alicyclic amines) is 1. The number of carbonyl (C=O) groups is 1. The third-order valence-electron chi connectivity index (χ3n) is 4.11. The Morgan fingerprint density at radius 2 is 1.92 bits per heavy atom. The van der Waals surface area contributed by atoms with Gasteiger partial charge < -0.3 is 9.84 Å². The maximum Gasteiger partial charge on any atom is 0.273 e. The summed E-state index contributed by atoms with van der Waals surface area (Å²) in [6.45, 7) is 4.40. The molecule has 2 heterocycles. The number of piperidine rings is 1. The molecule has 1 saturated heterocycles. The van der Waals surface area contributed by atoms with Gasteiger partial charge in [-0.15, -0.1) is 0 Å². The Hall–Kier alpha value is -1.56. The second-order valence-corrected chi connectivity index (χ2v) is 7.00. The van der Waals surface area contributed by atoms with Crippen molar-refractivity contribution in [2.24, 2.45) is 0 Å². The van der Waals surface area contributed by atoms with Gasteiger partial charge in [-0.05, 0) is 43.5 Å². The average Bonchev–Trinajstić information content (AvgIpc) is 2.95. The van der Waals surface area contributed by atoms with Gasteiger partial charge >= 0.3 is 0 Å². The van der Waals surface area contributed by atoms with Crippen molar-refractivity contribution in [2.45, 2.75) is 32.4 Å². The van der Waals surface area contributed by atoms with E-state index < -0.39 is 0 Å². The number of rotatable bonds is 4. The monoisotopic (exact) mass is 367 g/mol. The SMILES string of the molecule is Cc1cc(C(=O)NC2CCN(Cc3cc(Cl)cc(Cl)c3)CC2)no1. The lowest BCUT2D eigenvalue weighted by molar-refractivity contribution is 0.0900. The molecule has 0 unspecified atom stereocenters. The molecule has 128 valence electrons. The van der Waals surface area contributed by atoms with E-state index in [0.717, 1.165) is 38.0 Å². The number of amides is 1. The molecule has 0 aliphatic carbocycles. The van der Waals surface area contributed by atoms with Gasteiger partial charge in [0.1, 0.15) is 5.76 Å². The molecule has 24 heavy (non-hydrogen) atoms. The van der Waals surface area contributed by atoms with E-state index in [1.165, 1.54) is 0 Å². The van der Waals surface area contributed by atoms with E-state index in [9.17, 15) is 4.79 Å². The highest BCUT2D eigenvalue weighted by Crippen LogP contribution is 2.21. The molecule has 5 nitrogen and oxygen atoms in total. The zero-order valence-corrected chi connectivity index (χ0v) is 14.9. The third kappa shape index (κ3) is 4.50. The van der Waals surface area contributed by atoms with Gasteiger partial charge in [-0.25, -0.2) is 0 Å². The van der Waals surface area contributed by atoms with Crippen LogP contribution in [0.2, 0.25) is 10.0 Å². The highest BCUT2D eigenvalue weighted by atomic mass is 35.5. The van der Waals surface area contributed by atoms with Crippen LogP contribution in [0.3, 0.4) is 0 Å². The van der Waals surface area contributed by atoms with Crippen molar-refractivity contribution in [3.63, 3.8) is 0 Å². The number of aryl methyl sites for hydroxylation is 1. The Kier molecular flexibility index (Phi) is 5.43. The summed E-state index contributed by atoms with van der Waals surface area (Å²) in [5.41, 5.74) is 1.44. The fraction of sp³-hybridized carbons (Fsp3) is 0.412. The smallest absolute Gasteiger partial charge is 0.273 e. The van der Waals surface area contributed by atoms with Crippen molar-refractivity contribution < 1.29 is 9.32 Å². The van der Waals surface area contributed by atoms with Crippen LogP contribution < -0.4 is 5.32 Å². The van der Waals surface area contributed by atoms with Gasteiger partial charge in [0.25, 0.3) is 5.91 Å². The molecule has 1 amide bonds. The standard InChI is InChI=1S/C17H19Cl2N3O2/c1-11-6-16(21-24-11)17(23)20-15-2-4-22(5-3-15)10-12-7-13(18)9-14(19)8-12/h6-9,15H,2-5,10H2,1H3,(H,20,23). The van der Waals surface area contributed by atoms with Crippen LogP contribution in [-0.2, 0) is 6.54 Å². The Morgan fingerprint density at radius 1 is 1.25 bits per heavy atom. The van der Waals surface area contributed by atoms with Crippen LogP contribution in [0, 0.1) is 6.92 Å². The van der Waals surface area contributed by atoms with Gasteiger partial charge in [-0.1, -0.05) is 28.4 Å². The van der Waals surface area contributed by atoms with Crippen molar-refractivity contribution in [1.82, 2.24) is 15.4 Å². The topological polar surface area (TPSA) is 58.4 Å². The Morgan fingerprint density at radius 3 is 2.50 bits per heavy atom. The molecule has 3 rings (SSSR count). The number of carbonyl (C=O) groups excluding carboxylic acids is 1. The number of nitrogens with one attached hydrogen (secondary N) is 1. The third-order valence-corrected chi connectivity index (χ3v) is 4.55. The largest absolute Gasteiger partial charge is 0.361 e. The zero-order chi connectivity index (χ0) is 17.1. The molecule has 1 aliphatic heterocycles. The van der Waals surface area contributed by atoms with E-state index in [1.807, 2.05) is 12.1 Å². The second-order valence-electron chi connectivity index (χ2n) is 6.12. The summed E-state index contributed by atoms with van der Waals surface area (Å²) >= 11 is 12.1. The number of hydrogen-bond donors (Lipinski definition) is 1. The highest BCUT2D eigenvalue weighted by molar-refractivity contribution is 6.34. The number of benzene rings is 1. The summed E-state index contributed by atoms with van der Waals surface area (Å²) in [5.74, 6) is 0.460. The van der Waals surface area contributed by atoms with Crippen LogP contribution in [0.1, 0.15) is 34.7 Å². The lowest BCUT2D eigenvalue weighted by Gasteiger charge is -2.32. The van der Waals surface area contributed by atoms with Gasteiger partial charge in [-0.2, -0.15) is 0 Å². The quantitative estimate of drug-likeness (QED) is 0.895. The summed E-state index contributed by atoms with van der Waals surface area (Å²) in [4.78, 5) is 14.4. The minimum Gasteiger partial charge on any atom is -0.361 e. The fourth-order valence-electron chi connectivity index (χ4n) is 2.93. The van der Waals surface area contributed by atoms with Crippen LogP contribution in [0.4, 0.5) is 0 Å². The zero-order valence-electron chi connectivity index (χ0n) is 13.4. The fourth-order valence-corrected chi connectivity index (χ4v) is 3.50. The van der Waals surface area contributed by atoms with Crippen LogP contribution in [0.5, 0.6) is 0 Å². The molecule has 0 atom stereocenters. The van der Waals surface area contributed by atoms with Crippen molar-refractivity contribution in [1.29, 1.82) is 0 Å². The average molecular weight is 368 g/mol. The minimum absolute atomic E-state index is 0.161. The van der Waals surface area contributed by atoms with E-state index in [0.29, 0.717) is 21.5 Å². The molecular formula is C17H19Cl2N3O2. The maximum absolute atomic E-state index is 12.1. The van der Waals surface area contributed by atoms with Crippen molar-refractivity contribution >= 4 is 29.1 Å². The lowest BCUT2D eigenvalue weighted by Crippen LogP contribution is -2.44. The number of halogens is 2. The van der Waals surface area contributed by atoms with E-state index in [2.05, 4.69) is 15.4 Å². The Labute approximate surface area is 150 Å². The number of aromatic nitrogens is 1. The van der Waals surface area contributed by atoms with Crippen molar-refractivity contribution in [3.8, 4) is 0 Å². The number of nitrogens with zero attached hydrogens (tertiary/aromatic N) is 2. The van der Waals surface area contributed by atoms with Crippen LogP contribution in [-0.4, -0.2) is 35.1 Å². The number of hydrogen-bond acceptors (Lipinski definition) is 4. The normalized spacial score (nSPS) is 16.3. The first-order chi connectivity index (χ1) is 11.5. The van der Waals surface area contributed by atoms with E-state index in [4.69, 9.17) is 27.7 Å². The molecule has 1 aromatic heterocycles. The van der Waals surface area contributed by atoms with Crippen LogP contribution >= 0.6 is 23.2 Å². The summed E-state index contributed by atoms with van der Waals surface area (Å²) in [6.07, 6.45) is 1.80. The molecular weight excluding hydrogens is 349 g/mol. The van der Waals surface area contributed by atoms with Crippen LogP contribution in [0.25, 0.3) is 0 Å². The lowest BCUT2D eigenvalue weighted by atomic mass is 10.0. The van der Waals surface area contributed by atoms with Crippen molar-refractivity contribution in [3.05, 3.63) is 51.3 Å². The molecule has 0 spiro atoms. The summed E-state index contributed by atoms with van der Waals surface area (Å²) in [6, 6.07) is 7.42. The molecule has 2 aromatic rings. The first kappa shape index (κ1) is 17.3. The molecule has 1 aromatic carbocycles. The first-order valence-corrected chi connectivity index (χ1v) is 8.67. The first-order valence-electron chi connectivity index (χ1n) is 7.91. The molecule has 0 saturated carbocycles. The minimum atomic E-state index is -0.174. The predicted octanol–water partition coefficient (Wildman–Crippen LogP) is 3.68. The predicted molar refractivity (Wildman–Crippen MR) is 93.5 cm³/mol. The Balaban J connectivity index is 1.49. The second kappa shape index (κ2) is 7.55. The van der Waals surface area contributed by atoms with Gasteiger partial charge in [0.05, 0.1) is 0 Å². The van der Waals surface area contributed by atoms with Gasteiger partial charge in [0, 0.05) is 41.8 Å². The maximum atomic E-state index is 12.1. The van der Waals surface area contributed by atoms with Crippen molar-refractivity contribution in [2.75, 3.05) is 13.1 Å². The molecule has 0 radical (unpaired) electrons. The van der Waals surface area contributed by atoms with Gasteiger partial charge in [0.15, 0.2) is 5.69 Å². The summed E-state index contributed by atoms with van der Waals surface area (Å²) in [7, 11) is 0. The highest BCUT2D eigenvalue weighted by Gasteiger charge is 2.22. The summed E-state index contributed by atoms with van der Waals surface area (Å²) in [5, 5.41) is 8.08. The van der Waals surface area contributed by atoms with Crippen LogP contribution in [0.15, 0.2) is 28.8 Å². The molecule has 7 heteroatoms. The molecule has 1 fully saturated rings. The van der Waals surface area contributed by atoms with Gasteiger partial charge in [0.2, 0.25) is 0 Å².